The number of nitrogens with one attached hydrogen (secondary N) is 1. The summed E-state index contributed by atoms with van der Waals surface area (Å²) in [6, 6.07) is 12.5. The molecule has 0 saturated carbocycles. The topological polar surface area (TPSA) is 81.1 Å². The summed E-state index contributed by atoms with van der Waals surface area (Å²) in [5.74, 6) is -2.01. The molecule has 7 nitrogen and oxygen atoms in total. The lowest BCUT2D eigenvalue weighted by Crippen LogP contribution is -2.38. The minimum Gasteiger partial charge on any atom is -0.487 e. The number of hydrogen-bond acceptors (Lipinski definition) is 6. The van der Waals surface area contributed by atoms with E-state index in [1.165, 1.54) is 0 Å². The summed E-state index contributed by atoms with van der Waals surface area (Å²) in [5.41, 5.74) is 4.85. The molecule has 2 saturated heterocycles. The van der Waals surface area contributed by atoms with Gasteiger partial charge in [-0.3, -0.25) is 4.90 Å². The minimum absolute atomic E-state index is 0.0343. The smallest absolute Gasteiger partial charge is 0.250 e. The van der Waals surface area contributed by atoms with E-state index in [0.717, 1.165) is 71.1 Å². The third kappa shape index (κ3) is 5.32. The largest absolute Gasteiger partial charge is 0.487 e. The van der Waals surface area contributed by atoms with Crippen LogP contribution < -0.4 is 4.74 Å². The maximum absolute atomic E-state index is 13.5. The maximum atomic E-state index is 13.5. The van der Waals surface area contributed by atoms with Crippen LogP contribution in [0, 0.1) is 11.3 Å². The van der Waals surface area contributed by atoms with Gasteiger partial charge in [-0.15, -0.1) is 0 Å². The van der Waals surface area contributed by atoms with Gasteiger partial charge in [-0.1, -0.05) is 31.2 Å². The number of piperidine rings is 2. The molecule has 2 aliphatic rings. The molecule has 1 N–H and O–H groups in total. The number of nitrogens with zero attached hydrogens (tertiary/aromatic N) is 5. The zero-order valence-corrected chi connectivity index (χ0v) is 22.1. The number of nitriles is 1. The molecule has 2 aliphatic heterocycles. The molecular formula is C30H32F2N6O. The van der Waals surface area contributed by atoms with Crippen molar-refractivity contribution in [2.75, 3.05) is 32.7 Å². The van der Waals surface area contributed by atoms with Crippen molar-refractivity contribution in [2.45, 2.75) is 51.2 Å². The van der Waals surface area contributed by atoms with Crippen LogP contribution in [0.15, 0.2) is 42.7 Å². The number of likely N-dealkylation sites (tertiary alicyclic amines) is 2. The van der Waals surface area contributed by atoms with Gasteiger partial charge in [0.15, 0.2) is 11.4 Å². The average molecular weight is 531 g/mol. The number of fused-ring (bicyclic) bond motifs is 3. The normalized spacial score (nSPS) is 18.9. The minimum atomic E-state index is -2.53. The van der Waals surface area contributed by atoms with Gasteiger partial charge in [0, 0.05) is 62.7 Å². The van der Waals surface area contributed by atoms with Gasteiger partial charge in [0.2, 0.25) is 0 Å². The number of benzene rings is 1. The maximum Gasteiger partial charge on any atom is 0.250 e. The molecule has 0 spiro atoms. The Bertz CT molecular complexity index is 1510. The summed E-state index contributed by atoms with van der Waals surface area (Å²) in [4.78, 5) is 16.9. The Labute approximate surface area is 226 Å². The molecule has 2 fully saturated rings. The van der Waals surface area contributed by atoms with E-state index in [4.69, 9.17) is 4.74 Å². The van der Waals surface area contributed by atoms with Crippen molar-refractivity contribution in [3.8, 4) is 22.9 Å². The van der Waals surface area contributed by atoms with Crippen LogP contribution in [0.4, 0.5) is 8.78 Å². The van der Waals surface area contributed by atoms with Crippen molar-refractivity contribution in [3.63, 3.8) is 0 Å². The quantitative estimate of drug-likeness (QED) is 0.342. The van der Waals surface area contributed by atoms with Crippen LogP contribution >= 0.6 is 0 Å². The van der Waals surface area contributed by atoms with Crippen LogP contribution in [-0.4, -0.2) is 69.5 Å². The number of pyridine rings is 2. The highest BCUT2D eigenvalue weighted by atomic mass is 19.3. The number of aromatic nitrogens is 3. The lowest BCUT2D eigenvalue weighted by molar-refractivity contribution is -0.0566. The molecule has 0 atom stereocenters. The summed E-state index contributed by atoms with van der Waals surface area (Å²) in [6.45, 7) is 6.65. The monoisotopic (exact) mass is 530 g/mol. The van der Waals surface area contributed by atoms with Crippen LogP contribution in [0.5, 0.6) is 5.75 Å². The molecule has 5 heterocycles. The standard InChI is InChI=1S/C30H32F2N6O/c1-2-37-11-7-23(8-12-37)39-28-25(16-33)34-18-26-27(28)24-15-22(17-35-29(24)36-26)21-5-3-20(4-6-21)19-38-13-9-30(31,32)10-14-38/h3-6,15,17-18,23H,2,7-14,19H2,1H3,(H,35,36). The highest BCUT2D eigenvalue weighted by molar-refractivity contribution is 6.10. The first-order chi connectivity index (χ1) is 18.9. The van der Waals surface area contributed by atoms with E-state index in [1.54, 1.807) is 6.20 Å². The highest BCUT2D eigenvalue weighted by Crippen LogP contribution is 2.37. The number of ether oxygens (including phenoxy) is 1. The fraction of sp³-hybridized carbons (Fsp3) is 0.433. The molecule has 0 aliphatic carbocycles. The summed E-state index contributed by atoms with van der Waals surface area (Å²) < 4.78 is 33.5. The molecule has 0 unspecified atom stereocenters. The van der Waals surface area contributed by atoms with Gasteiger partial charge in [0.25, 0.3) is 5.92 Å². The molecular weight excluding hydrogens is 498 g/mol. The molecule has 3 aromatic heterocycles. The predicted molar refractivity (Wildman–Crippen MR) is 147 cm³/mol. The lowest BCUT2D eigenvalue weighted by atomic mass is 10.0. The number of alkyl halides is 2. The van der Waals surface area contributed by atoms with E-state index < -0.39 is 5.92 Å². The van der Waals surface area contributed by atoms with Crippen molar-refractivity contribution in [1.82, 2.24) is 24.8 Å². The Morgan fingerprint density at radius 1 is 1.03 bits per heavy atom. The molecule has 39 heavy (non-hydrogen) atoms. The van der Waals surface area contributed by atoms with Gasteiger partial charge >= 0.3 is 0 Å². The molecule has 4 aromatic rings. The van der Waals surface area contributed by atoms with Gasteiger partial charge in [0.05, 0.1) is 17.1 Å². The number of H-pyrrole nitrogens is 1. The third-order valence-corrected chi connectivity index (χ3v) is 8.10. The van der Waals surface area contributed by atoms with Gasteiger partial charge < -0.3 is 14.6 Å². The zero-order chi connectivity index (χ0) is 27.0. The van der Waals surface area contributed by atoms with Crippen molar-refractivity contribution in [2.24, 2.45) is 0 Å². The molecule has 1 aromatic carbocycles. The Kier molecular flexibility index (Phi) is 6.92. The lowest BCUT2D eigenvalue weighted by Gasteiger charge is -2.31. The second kappa shape index (κ2) is 10.5. The van der Waals surface area contributed by atoms with Crippen LogP contribution in [0.2, 0.25) is 0 Å². The number of rotatable bonds is 6. The molecule has 0 bridgehead atoms. The SMILES string of the molecule is CCN1CCC(Oc2c(C#N)ncc3[nH]c4ncc(-c5ccc(CN6CCC(F)(F)CC6)cc5)cc4c23)CC1. The van der Waals surface area contributed by atoms with Gasteiger partial charge in [-0.05, 0) is 36.6 Å². The van der Waals surface area contributed by atoms with Crippen LogP contribution in [0.25, 0.3) is 33.1 Å². The molecule has 6 rings (SSSR count). The molecule has 202 valence electrons. The highest BCUT2D eigenvalue weighted by Gasteiger charge is 2.33. The molecule has 0 radical (unpaired) electrons. The van der Waals surface area contributed by atoms with Crippen molar-refractivity contribution < 1.29 is 13.5 Å². The van der Waals surface area contributed by atoms with E-state index in [-0.39, 0.29) is 24.6 Å². The fourth-order valence-corrected chi connectivity index (χ4v) is 5.70. The molecule has 9 heteroatoms. The second-order valence-corrected chi connectivity index (χ2v) is 10.7. The Morgan fingerprint density at radius 2 is 1.77 bits per heavy atom. The molecule has 0 amide bonds. The van der Waals surface area contributed by atoms with Crippen LogP contribution in [0.1, 0.15) is 43.9 Å². The van der Waals surface area contributed by atoms with Crippen LogP contribution in [-0.2, 0) is 6.54 Å². The number of hydrogen-bond donors (Lipinski definition) is 1. The summed E-state index contributed by atoms with van der Waals surface area (Å²) in [6.07, 6.45) is 5.21. The van der Waals surface area contributed by atoms with Crippen molar-refractivity contribution in [1.29, 1.82) is 5.26 Å². The summed E-state index contributed by atoms with van der Waals surface area (Å²) in [7, 11) is 0. The Hall–Kier alpha value is -3.61. The van der Waals surface area contributed by atoms with E-state index in [9.17, 15) is 14.0 Å². The predicted octanol–water partition coefficient (Wildman–Crippen LogP) is 5.74. The third-order valence-electron chi connectivity index (χ3n) is 8.10. The first-order valence-electron chi connectivity index (χ1n) is 13.7. The van der Waals surface area contributed by atoms with E-state index >= 15 is 0 Å². The van der Waals surface area contributed by atoms with Gasteiger partial charge in [-0.25, -0.2) is 18.7 Å². The van der Waals surface area contributed by atoms with Gasteiger partial charge in [-0.2, -0.15) is 5.26 Å². The Balaban J connectivity index is 1.28. The first kappa shape index (κ1) is 25.7. The number of aromatic amines is 1. The second-order valence-electron chi connectivity index (χ2n) is 10.7. The fourth-order valence-electron chi connectivity index (χ4n) is 5.70. The van der Waals surface area contributed by atoms with E-state index in [0.29, 0.717) is 25.4 Å². The van der Waals surface area contributed by atoms with Gasteiger partial charge in [0.1, 0.15) is 17.8 Å². The van der Waals surface area contributed by atoms with E-state index in [1.807, 2.05) is 18.3 Å². The van der Waals surface area contributed by atoms with Crippen molar-refractivity contribution in [3.05, 3.63) is 54.0 Å². The zero-order valence-electron chi connectivity index (χ0n) is 22.1. The van der Waals surface area contributed by atoms with Crippen LogP contribution in [0.3, 0.4) is 0 Å². The average Bonchev–Trinajstić information content (AvgIpc) is 3.33. The van der Waals surface area contributed by atoms with Crippen molar-refractivity contribution >= 4 is 21.9 Å². The first-order valence-corrected chi connectivity index (χ1v) is 13.7. The summed E-state index contributed by atoms with van der Waals surface area (Å²) in [5, 5.41) is 11.6. The number of halogens is 2. The summed E-state index contributed by atoms with van der Waals surface area (Å²) >= 11 is 0. The van der Waals surface area contributed by atoms with E-state index in [2.05, 4.69) is 55.9 Å². The Morgan fingerprint density at radius 3 is 2.46 bits per heavy atom.